The molecule has 1 unspecified atom stereocenters. The van der Waals surface area contributed by atoms with Crippen LogP contribution in [0.5, 0.6) is 0 Å². The number of hydrogen-bond donors (Lipinski definition) is 1. The van der Waals surface area contributed by atoms with Crippen molar-refractivity contribution in [3.63, 3.8) is 0 Å². The van der Waals surface area contributed by atoms with Gasteiger partial charge in [-0.2, -0.15) is 0 Å². The third-order valence-electron chi connectivity index (χ3n) is 2.97. The molecule has 2 rings (SSSR count). The van der Waals surface area contributed by atoms with Crippen molar-refractivity contribution in [1.29, 1.82) is 0 Å². The van der Waals surface area contributed by atoms with E-state index < -0.39 is 18.0 Å². The number of aromatic carboxylic acids is 1. The lowest BCUT2D eigenvalue weighted by molar-refractivity contribution is 0.0449. The highest BCUT2D eigenvalue weighted by Gasteiger charge is 2.19. The Kier molecular flexibility index (Phi) is 4.23. The van der Waals surface area contributed by atoms with Crippen LogP contribution in [0.1, 0.15) is 20.7 Å². The van der Waals surface area contributed by atoms with Gasteiger partial charge in [0.1, 0.15) is 11.9 Å². The molecule has 0 aromatic heterocycles. The van der Waals surface area contributed by atoms with Crippen LogP contribution >= 0.6 is 0 Å². The van der Waals surface area contributed by atoms with Crippen molar-refractivity contribution in [3.05, 3.63) is 71.5 Å². The fourth-order valence-electron chi connectivity index (χ4n) is 1.79. The molecule has 0 saturated heterocycles. The van der Waals surface area contributed by atoms with Crippen molar-refractivity contribution >= 4 is 11.9 Å². The first-order valence-electron chi connectivity index (χ1n) is 6.18. The Hall–Kier alpha value is -2.82. The van der Waals surface area contributed by atoms with Gasteiger partial charge in [0.05, 0.1) is 18.2 Å². The highest BCUT2D eigenvalue weighted by Crippen LogP contribution is 2.19. The van der Waals surface area contributed by atoms with Crippen LogP contribution in [0.2, 0.25) is 0 Å². The Balaban J connectivity index is 2.05. The van der Waals surface area contributed by atoms with E-state index in [1.54, 1.807) is 25.3 Å². The van der Waals surface area contributed by atoms with E-state index in [0.29, 0.717) is 11.3 Å². The first kappa shape index (κ1) is 14.6. The third kappa shape index (κ3) is 3.39. The number of hydrogen-bond acceptors (Lipinski definition) is 4. The molecule has 0 spiro atoms. The minimum Gasteiger partial charge on any atom is -0.497 e. The maximum atomic E-state index is 12.0. The second-order valence-electron chi connectivity index (χ2n) is 4.39. The van der Waals surface area contributed by atoms with E-state index in [0.717, 1.165) is 0 Å². The standard InChI is InChI=1S/C16H14O5/c1-10-9-13(20-2)7-8-14(10)21-16(19)12-5-3-11(4-6-12)15(17)18/h3-9,14H,1H2,2H3,(H,17,18). The summed E-state index contributed by atoms with van der Waals surface area (Å²) in [7, 11) is 1.54. The topological polar surface area (TPSA) is 72.8 Å². The highest BCUT2D eigenvalue weighted by molar-refractivity contribution is 5.92. The van der Waals surface area contributed by atoms with Crippen LogP contribution in [0.3, 0.4) is 0 Å². The van der Waals surface area contributed by atoms with Crippen LogP contribution in [0.25, 0.3) is 0 Å². The van der Waals surface area contributed by atoms with Crippen LogP contribution in [-0.4, -0.2) is 30.3 Å². The molecule has 0 fully saturated rings. The van der Waals surface area contributed by atoms with Crippen molar-refractivity contribution in [1.82, 2.24) is 0 Å². The fourth-order valence-corrected chi connectivity index (χ4v) is 1.79. The molecule has 21 heavy (non-hydrogen) atoms. The van der Waals surface area contributed by atoms with E-state index in [1.807, 2.05) is 0 Å². The number of carbonyl (C=O) groups excluding carboxylic acids is 1. The van der Waals surface area contributed by atoms with Crippen LogP contribution < -0.4 is 0 Å². The van der Waals surface area contributed by atoms with Crippen molar-refractivity contribution in [3.8, 4) is 0 Å². The zero-order valence-electron chi connectivity index (χ0n) is 11.4. The molecule has 0 amide bonds. The van der Waals surface area contributed by atoms with E-state index in [-0.39, 0.29) is 11.1 Å². The number of carboxylic acid groups (broad SMARTS) is 1. The molecule has 1 N–H and O–H groups in total. The van der Waals surface area contributed by atoms with Gasteiger partial charge in [0.2, 0.25) is 0 Å². The van der Waals surface area contributed by atoms with Crippen LogP contribution in [0, 0.1) is 0 Å². The normalized spacial score (nSPS) is 17.1. The molecule has 108 valence electrons. The Morgan fingerprint density at radius 2 is 1.81 bits per heavy atom. The second kappa shape index (κ2) is 6.09. The molecule has 5 heteroatoms. The minimum atomic E-state index is -1.05. The summed E-state index contributed by atoms with van der Waals surface area (Å²) in [6.07, 6.45) is 4.49. The number of benzene rings is 1. The zero-order chi connectivity index (χ0) is 15.4. The van der Waals surface area contributed by atoms with Crippen molar-refractivity contribution in [2.75, 3.05) is 7.11 Å². The molecular weight excluding hydrogens is 272 g/mol. The SMILES string of the molecule is C=C1C=C(OC)C=CC1OC(=O)c1ccc(C(=O)O)cc1. The summed E-state index contributed by atoms with van der Waals surface area (Å²) in [5.41, 5.74) is 0.994. The number of carbonyl (C=O) groups is 2. The van der Waals surface area contributed by atoms with Crippen LogP contribution in [0.4, 0.5) is 0 Å². The maximum Gasteiger partial charge on any atom is 0.339 e. The Labute approximate surface area is 121 Å². The molecule has 1 aliphatic carbocycles. The summed E-state index contributed by atoms with van der Waals surface area (Å²) in [6.45, 7) is 3.82. The predicted octanol–water partition coefficient (Wildman–Crippen LogP) is 2.57. The summed E-state index contributed by atoms with van der Waals surface area (Å²) in [5.74, 6) is -0.953. The highest BCUT2D eigenvalue weighted by atomic mass is 16.5. The molecule has 1 aromatic rings. The quantitative estimate of drug-likeness (QED) is 0.861. The van der Waals surface area contributed by atoms with Crippen molar-refractivity contribution in [2.45, 2.75) is 6.10 Å². The van der Waals surface area contributed by atoms with Gasteiger partial charge in [0, 0.05) is 0 Å². The van der Waals surface area contributed by atoms with E-state index in [1.165, 1.54) is 24.3 Å². The number of esters is 1. The summed E-state index contributed by atoms with van der Waals surface area (Å²) >= 11 is 0. The number of rotatable bonds is 4. The second-order valence-corrected chi connectivity index (χ2v) is 4.39. The van der Waals surface area contributed by atoms with Crippen LogP contribution in [-0.2, 0) is 9.47 Å². The smallest absolute Gasteiger partial charge is 0.339 e. The molecule has 0 saturated carbocycles. The van der Waals surface area contributed by atoms with Gasteiger partial charge in [-0.05, 0) is 48.1 Å². The van der Waals surface area contributed by atoms with Gasteiger partial charge in [-0.1, -0.05) is 6.58 Å². The predicted molar refractivity (Wildman–Crippen MR) is 76.0 cm³/mol. The molecule has 0 aliphatic heterocycles. The van der Waals surface area contributed by atoms with E-state index in [4.69, 9.17) is 14.6 Å². The monoisotopic (exact) mass is 286 g/mol. The number of carboxylic acids is 1. The number of ether oxygens (including phenoxy) is 2. The Morgan fingerprint density at radius 1 is 1.19 bits per heavy atom. The average Bonchev–Trinajstić information content (AvgIpc) is 2.49. The van der Waals surface area contributed by atoms with Gasteiger partial charge in [-0.3, -0.25) is 0 Å². The molecule has 0 heterocycles. The molecule has 5 nitrogen and oxygen atoms in total. The van der Waals surface area contributed by atoms with Gasteiger partial charge in [-0.25, -0.2) is 9.59 Å². The summed E-state index contributed by atoms with van der Waals surface area (Å²) < 4.78 is 10.4. The maximum absolute atomic E-state index is 12.0. The van der Waals surface area contributed by atoms with Crippen molar-refractivity contribution in [2.24, 2.45) is 0 Å². The minimum absolute atomic E-state index is 0.112. The molecule has 1 aromatic carbocycles. The first-order chi connectivity index (χ1) is 10.0. The Morgan fingerprint density at radius 3 is 2.33 bits per heavy atom. The third-order valence-corrected chi connectivity index (χ3v) is 2.97. The molecular formula is C16H14O5. The van der Waals surface area contributed by atoms with Gasteiger partial charge >= 0.3 is 11.9 Å². The lowest BCUT2D eigenvalue weighted by Gasteiger charge is -2.18. The molecule has 0 bridgehead atoms. The first-order valence-corrected chi connectivity index (χ1v) is 6.18. The fraction of sp³-hybridized carbons (Fsp3) is 0.125. The summed E-state index contributed by atoms with van der Waals surface area (Å²) in [6, 6.07) is 5.54. The van der Waals surface area contributed by atoms with Crippen molar-refractivity contribution < 1.29 is 24.2 Å². The average molecular weight is 286 g/mol. The summed E-state index contributed by atoms with van der Waals surface area (Å²) in [5, 5.41) is 8.80. The van der Waals surface area contributed by atoms with E-state index >= 15 is 0 Å². The van der Waals surface area contributed by atoms with E-state index in [9.17, 15) is 9.59 Å². The lowest BCUT2D eigenvalue weighted by atomic mass is 10.1. The van der Waals surface area contributed by atoms with Crippen LogP contribution in [0.15, 0.2) is 60.4 Å². The number of methoxy groups -OCH3 is 1. The summed E-state index contributed by atoms with van der Waals surface area (Å²) in [4.78, 5) is 22.7. The van der Waals surface area contributed by atoms with Gasteiger partial charge in [0.25, 0.3) is 0 Å². The molecule has 1 aliphatic rings. The van der Waals surface area contributed by atoms with Gasteiger partial charge in [-0.15, -0.1) is 0 Å². The largest absolute Gasteiger partial charge is 0.497 e. The number of allylic oxidation sites excluding steroid dienone is 1. The van der Waals surface area contributed by atoms with Gasteiger partial charge < -0.3 is 14.6 Å². The van der Waals surface area contributed by atoms with Gasteiger partial charge in [0.15, 0.2) is 0 Å². The molecule has 1 atom stereocenters. The Bertz CT molecular complexity index is 637. The molecule has 0 radical (unpaired) electrons. The lowest BCUT2D eigenvalue weighted by Crippen LogP contribution is -2.19. The van der Waals surface area contributed by atoms with E-state index in [2.05, 4.69) is 6.58 Å². The zero-order valence-corrected chi connectivity index (χ0v) is 11.4.